The quantitative estimate of drug-likeness (QED) is 0.265. The molecule has 1 fully saturated rings. The molecule has 184 valence electrons. The van der Waals surface area contributed by atoms with Crippen LogP contribution in [0.3, 0.4) is 0 Å². The molecule has 1 saturated heterocycles. The zero-order valence-corrected chi connectivity index (χ0v) is 20.4. The maximum atomic E-state index is 13.1. The van der Waals surface area contributed by atoms with E-state index in [2.05, 4.69) is 29.3 Å². The molecule has 1 unspecified atom stereocenters. The van der Waals surface area contributed by atoms with Crippen LogP contribution in [0.5, 0.6) is 0 Å². The minimum atomic E-state index is -0.733. The lowest BCUT2D eigenvalue weighted by Crippen LogP contribution is -2.34. The van der Waals surface area contributed by atoms with Crippen molar-refractivity contribution in [3.8, 4) is 0 Å². The van der Waals surface area contributed by atoms with Crippen molar-refractivity contribution in [2.45, 2.75) is 32.1 Å². The molecular formula is C29H30N4O3. The van der Waals surface area contributed by atoms with Gasteiger partial charge in [-0.3, -0.25) is 19.9 Å². The van der Waals surface area contributed by atoms with Gasteiger partial charge in [0, 0.05) is 29.9 Å². The number of rotatable bonds is 7. The lowest BCUT2D eigenvalue weighted by Gasteiger charge is -2.30. The van der Waals surface area contributed by atoms with E-state index in [0.717, 1.165) is 30.1 Å². The Morgan fingerprint density at radius 1 is 1.06 bits per heavy atom. The molecular weight excluding hydrogens is 452 g/mol. The zero-order chi connectivity index (χ0) is 25.1. The summed E-state index contributed by atoms with van der Waals surface area (Å²) in [5, 5.41) is 14.2. The van der Waals surface area contributed by atoms with E-state index in [0.29, 0.717) is 17.0 Å². The summed E-state index contributed by atoms with van der Waals surface area (Å²) in [5.74, 6) is -0.138. The second-order valence-corrected chi connectivity index (χ2v) is 9.75. The van der Waals surface area contributed by atoms with E-state index in [4.69, 9.17) is 4.99 Å². The molecule has 0 radical (unpaired) electrons. The van der Waals surface area contributed by atoms with Crippen LogP contribution in [0.25, 0.3) is 0 Å². The number of amides is 1. The number of carbonyl (C=O) groups is 1. The Morgan fingerprint density at radius 3 is 2.47 bits per heavy atom. The monoisotopic (exact) mass is 482 g/mol. The van der Waals surface area contributed by atoms with Crippen molar-refractivity contribution in [3.63, 3.8) is 0 Å². The SMILES string of the molecule is CC1CCN(CCc2ccc(N=C(c3ccccc3)C3C(=O)Nc4ccc([N+](=O)[O-])cc43)cc2)CC1. The highest BCUT2D eigenvalue weighted by Gasteiger charge is 2.36. The fourth-order valence-electron chi connectivity index (χ4n) is 4.99. The van der Waals surface area contributed by atoms with Crippen LogP contribution in [-0.4, -0.2) is 41.1 Å². The lowest BCUT2D eigenvalue weighted by molar-refractivity contribution is -0.384. The summed E-state index contributed by atoms with van der Waals surface area (Å²) in [6, 6.07) is 22.2. The van der Waals surface area contributed by atoms with E-state index < -0.39 is 10.8 Å². The molecule has 3 aromatic rings. The van der Waals surface area contributed by atoms with Crippen molar-refractivity contribution in [2.75, 3.05) is 25.0 Å². The molecule has 2 heterocycles. The third kappa shape index (κ3) is 5.21. The van der Waals surface area contributed by atoms with Gasteiger partial charge in [-0.15, -0.1) is 0 Å². The maximum Gasteiger partial charge on any atom is 0.269 e. The molecule has 0 saturated carbocycles. The van der Waals surface area contributed by atoms with E-state index in [-0.39, 0.29) is 11.6 Å². The van der Waals surface area contributed by atoms with Gasteiger partial charge in [-0.1, -0.05) is 49.4 Å². The average Bonchev–Trinajstić information content (AvgIpc) is 3.23. The molecule has 1 atom stereocenters. The smallest absolute Gasteiger partial charge is 0.269 e. The fraction of sp³-hybridized carbons (Fsp3) is 0.310. The van der Waals surface area contributed by atoms with Crippen molar-refractivity contribution in [1.29, 1.82) is 0 Å². The molecule has 1 amide bonds. The average molecular weight is 483 g/mol. The van der Waals surface area contributed by atoms with E-state index in [1.165, 1.54) is 43.6 Å². The van der Waals surface area contributed by atoms with Crippen molar-refractivity contribution in [3.05, 3.63) is 99.6 Å². The summed E-state index contributed by atoms with van der Waals surface area (Å²) in [6.45, 7) is 5.73. The van der Waals surface area contributed by atoms with Gasteiger partial charge < -0.3 is 10.2 Å². The number of non-ortho nitro benzene ring substituents is 1. The van der Waals surface area contributed by atoms with Crippen molar-refractivity contribution < 1.29 is 9.72 Å². The predicted octanol–water partition coefficient (Wildman–Crippen LogP) is 5.73. The molecule has 0 aliphatic carbocycles. The van der Waals surface area contributed by atoms with Crippen LogP contribution in [-0.2, 0) is 11.2 Å². The van der Waals surface area contributed by atoms with Crippen LogP contribution in [0.15, 0.2) is 77.8 Å². The number of benzene rings is 3. The van der Waals surface area contributed by atoms with E-state index >= 15 is 0 Å². The lowest BCUT2D eigenvalue weighted by atomic mass is 9.90. The van der Waals surface area contributed by atoms with Gasteiger partial charge in [-0.05, 0) is 67.6 Å². The number of hydrogen-bond donors (Lipinski definition) is 1. The first-order valence-corrected chi connectivity index (χ1v) is 12.5. The summed E-state index contributed by atoms with van der Waals surface area (Å²) in [6.07, 6.45) is 3.54. The van der Waals surface area contributed by atoms with Crippen molar-refractivity contribution >= 4 is 28.7 Å². The number of anilines is 1. The first-order chi connectivity index (χ1) is 17.5. The number of nitro groups is 1. The molecule has 2 aliphatic rings. The van der Waals surface area contributed by atoms with E-state index in [1.54, 1.807) is 6.07 Å². The Labute approximate surface area is 211 Å². The van der Waals surface area contributed by atoms with Crippen molar-refractivity contribution in [2.24, 2.45) is 10.9 Å². The normalized spacial score (nSPS) is 18.6. The second kappa shape index (κ2) is 10.4. The summed E-state index contributed by atoms with van der Waals surface area (Å²) < 4.78 is 0. The van der Waals surface area contributed by atoms with Gasteiger partial charge in [0.05, 0.1) is 16.3 Å². The number of fused-ring (bicyclic) bond motifs is 1. The van der Waals surface area contributed by atoms with Crippen LogP contribution in [0.1, 0.15) is 42.4 Å². The van der Waals surface area contributed by atoms with Gasteiger partial charge in [0.2, 0.25) is 5.91 Å². The summed E-state index contributed by atoms with van der Waals surface area (Å²) in [4.78, 5) is 31.5. The Morgan fingerprint density at radius 2 is 1.78 bits per heavy atom. The fourth-order valence-corrected chi connectivity index (χ4v) is 4.99. The zero-order valence-electron chi connectivity index (χ0n) is 20.4. The minimum Gasteiger partial charge on any atom is -0.325 e. The van der Waals surface area contributed by atoms with Gasteiger partial charge in [-0.2, -0.15) is 0 Å². The largest absolute Gasteiger partial charge is 0.325 e. The van der Waals surface area contributed by atoms with Crippen molar-refractivity contribution in [1.82, 2.24) is 4.90 Å². The van der Waals surface area contributed by atoms with Crippen LogP contribution < -0.4 is 5.32 Å². The van der Waals surface area contributed by atoms with Gasteiger partial charge in [0.15, 0.2) is 0 Å². The molecule has 0 bridgehead atoms. The summed E-state index contributed by atoms with van der Waals surface area (Å²) in [7, 11) is 0. The molecule has 2 aliphatic heterocycles. The number of nitro benzene ring substituents is 1. The highest BCUT2D eigenvalue weighted by atomic mass is 16.6. The number of nitrogens with one attached hydrogen (secondary N) is 1. The number of nitrogens with zero attached hydrogens (tertiary/aromatic N) is 3. The number of carbonyl (C=O) groups excluding carboxylic acids is 1. The van der Waals surface area contributed by atoms with Gasteiger partial charge in [0.1, 0.15) is 5.92 Å². The third-order valence-corrected chi connectivity index (χ3v) is 7.20. The summed E-state index contributed by atoms with van der Waals surface area (Å²) in [5.41, 5.74) is 4.49. The predicted molar refractivity (Wildman–Crippen MR) is 142 cm³/mol. The van der Waals surface area contributed by atoms with E-state index in [9.17, 15) is 14.9 Å². The Bertz CT molecular complexity index is 1280. The van der Waals surface area contributed by atoms with Crippen LogP contribution in [0, 0.1) is 16.0 Å². The number of likely N-dealkylation sites (tertiary alicyclic amines) is 1. The van der Waals surface area contributed by atoms with Crippen LogP contribution in [0.2, 0.25) is 0 Å². The van der Waals surface area contributed by atoms with E-state index in [1.807, 2.05) is 42.5 Å². The molecule has 0 spiro atoms. The molecule has 1 N–H and O–H groups in total. The molecule has 0 aromatic heterocycles. The second-order valence-electron chi connectivity index (χ2n) is 9.75. The van der Waals surface area contributed by atoms with Gasteiger partial charge in [0.25, 0.3) is 5.69 Å². The highest BCUT2D eigenvalue weighted by Crippen LogP contribution is 2.38. The Hall–Kier alpha value is -3.84. The highest BCUT2D eigenvalue weighted by molar-refractivity contribution is 6.24. The first kappa shape index (κ1) is 23.9. The third-order valence-electron chi connectivity index (χ3n) is 7.20. The number of aliphatic imine (C=N–C) groups is 1. The first-order valence-electron chi connectivity index (χ1n) is 12.5. The Balaban J connectivity index is 1.42. The number of piperidine rings is 1. The molecule has 7 nitrogen and oxygen atoms in total. The van der Waals surface area contributed by atoms with Crippen LogP contribution >= 0.6 is 0 Å². The summed E-state index contributed by atoms with van der Waals surface area (Å²) >= 11 is 0. The topological polar surface area (TPSA) is 87.8 Å². The standard InChI is InChI=1S/C29H30N4O3/c1-20-13-16-32(17-14-20)18-15-21-7-9-23(10-8-21)30-28(22-5-3-2-4-6-22)27-25-19-24(33(35)36)11-12-26(25)31-29(27)34/h2-12,19-20,27H,13-18H2,1H3,(H,31,34). The molecule has 36 heavy (non-hydrogen) atoms. The molecule has 3 aromatic carbocycles. The van der Waals surface area contributed by atoms with Crippen LogP contribution in [0.4, 0.5) is 17.1 Å². The maximum absolute atomic E-state index is 13.1. The molecule has 7 heteroatoms. The van der Waals surface area contributed by atoms with Gasteiger partial charge >= 0.3 is 0 Å². The number of hydrogen-bond acceptors (Lipinski definition) is 5. The van der Waals surface area contributed by atoms with Gasteiger partial charge in [-0.25, -0.2) is 0 Å². The Kier molecular flexibility index (Phi) is 6.91. The molecule has 5 rings (SSSR count). The minimum absolute atomic E-state index is 0.0461.